The molecule has 2 rings (SSSR count). The lowest BCUT2D eigenvalue weighted by Gasteiger charge is -2.13. The van der Waals surface area contributed by atoms with Gasteiger partial charge in [-0.25, -0.2) is 4.39 Å². The van der Waals surface area contributed by atoms with Crippen LogP contribution in [0.2, 0.25) is 0 Å². The van der Waals surface area contributed by atoms with Gasteiger partial charge in [0, 0.05) is 5.56 Å². The van der Waals surface area contributed by atoms with E-state index in [1.165, 1.54) is 30.3 Å². The Morgan fingerprint density at radius 3 is 2.32 bits per heavy atom. The summed E-state index contributed by atoms with van der Waals surface area (Å²) in [4.78, 5) is 0. The van der Waals surface area contributed by atoms with E-state index in [0.29, 0.717) is 5.56 Å². The van der Waals surface area contributed by atoms with Crippen LogP contribution in [-0.4, -0.2) is 6.36 Å². The first kappa shape index (κ1) is 13.9. The summed E-state index contributed by atoms with van der Waals surface area (Å²) < 4.78 is 54.4. The van der Waals surface area contributed by atoms with E-state index < -0.39 is 12.2 Å². The lowest BCUT2D eigenvalue weighted by atomic mass is 10.0. The number of rotatable bonds is 2. The Hall–Kier alpha value is -1.56. The molecular weight excluding hydrogens is 328 g/mol. The van der Waals surface area contributed by atoms with Crippen molar-refractivity contribution in [1.29, 1.82) is 0 Å². The molecule has 0 heterocycles. The Balaban J connectivity index is 2.47. The van der Waals surface area contributed by atoms with Crippen molar-refractivity contribution in [1.82, 2.24) is 0 Å². The summed E-state index contributed by atoms with van der Waals surface area (Å²) in [6.07, 6.45) is -4.79. The molecule has 19 heavy (non-hydrogen) atoms. The van der Waals surface area contributed by atoms with Crippen LogP contribution in [0.15, 0.2) is 46.9 Å². The molecule has 0 aliphatic carbocycles. The minimum absolute atomic E-state index is 0.172. The second-order valence-corrected chi connectivity index (χ2v) is 4.53. The van der Waals surface area contributed by atoms with E-state index in [9.17, 15) is 17.6 Å². The van der Waals surface area contributed by atoms with Crippen LogP contribution in [-0.2, 0) is 0 Å². The van der Waals surface area contributed by atoms with Gasteiger partial charge in [-0.3, -0.25) is 0 Å². The Morgan fingerprint density at radius 1 is 1.00 bits per heavy atom. The quantitative estimate of drug-likeness (QED) is 0.690. The molecule has 0 bridgehead atoms. The van der Waals surface area contributed by atoms with Gasteiger partial charge in [-0.2, -0.15) is 0 Å². The van der Waals surface area contributed by atoms with Gasteiger partial charge in [-0.05, 0) is 39.7 Å². The van der Waals surface area contributed by atoms with Crippen LogP contribution in [0.5, 0.6) is 5.75 Å². The van der Waals surface area contributed by atoms with Crippen molar-refractivity contribution in [2.24, 2.45) is 0 Å². The van der Waals surface area contributed by atoms with E-state index in [1.54, 1.807) is 6.07 Å². The summed E-state index contributed by atoms with van der Waals surface area (Å²) in [6, 6.07) is 9.66. The minimum Gasteiger partial charge on any atom is -0.405 e. The number of halogens is 5. The van der Waals surface area contributed by atoms with Crippen LogP contribution in [0.25, 0.3) is 11.1 Å². The van der Waals surface area contributed by atoms with Gasteiger partial charge in [-0.15, -0.1) is 13.2 Å². The second-order valence-electron chi connectivity index (χ2n) is 3.67. The lowest BCUT2D eigenvalue weighted by Crippen LogP contribution is -2.17. The summed E-state index contributed by atoms with van der Waals surface area (Å²) in [5.41, 5.74) is 0.478. The van der Waals surface area contributed by atoms with Gasteiger partial charge in [0.25, 0.3) is 0 Å². The van der Waals surface area contributed by atoms with Gasteiger partial charge < -0.3 is 4.74 Å². The van der Waals surface area contributed by atoms with Crippen molar-refractivity contribution in [3.63, 3.8) is 0 Å². The van der Waals surface area contributed by atoms with Gasteiger partial charge in [0.1, 0.15) is 11.6 Å². The Morgan fingerprint density at radius 2 is 1.68 bits per heavy atom. The fourth-order valence-corrected chi connectivity index (χ4v) is 1.83. The fraction of sp³-hybridized carbons (Fsp3) is 0.0769. The number of benzene rings is 2. The van der Waals surface area contributed by atoms with Gasteiger partial charge in [0.15, 0.2) is 0 Å². The van der Waals surface area contributed by atoms with Gasteiger partial charge in [0.05, 0.1) is 4.47 Å². The van der Waals surface area contributed by atoms with Crippen molar-refractivity contribution < 1.29 is 22.3 Å². The van der Waals surface area contributed by atoms with Gasteiger partial charge in [-0.1, -0.05) is 24.3 Å². The summed E-state index contributed by atoms with van der Waals surface area (Å²) in [5, 5.41) is 0. The first-order chi connectivity index (χ1) is 8.87. The number of hydrogen-bond acceptors (Lipinski definition) is 1. The average Bonchev–Trinajstić information content (AvgIpc) is 2.31. The van der Waals surface area contributed by atoms with Crippen molar-refractivity contribution >= 4 is 15.9 Å². The van der Waals surface area contributed by atoms with Crippen molar-refractivity contribution in [2.75, 3.05) is 0 Å². The largest absolute Gasteiger partial charge is 0.573 e. The minimum atomic E-state index is -4.79. The molecule has 2 aromatic rings. The molecular formula is C13H7BrF4O. The lowest BCUT2D eigenvalue weighted by molar-refractivity contribution is -0.274. The fourth-order valence-electron chi connectivity index (χ4n) is 1.58. The normalized spacial score (nSPS) is 11.4. The third-order valence-corrected chi connectivity index (χ3v) is 2.99. The molecule has 0 amide bonds. The first-order valence-electron chi connectivity index (χ1n) is 5.17. The Kier molecular flexibility index (Phi) is 3.80. The Labute approximate surface area is 114 Å². The Bertz CT molecular complexity index is 595. The summed E-state index contributed by atoms with van der Waals surface area (Å²) in [7, 11) is 0. The molecule has 0 atom stereocenters. The SMILES string of the molecule is Fc1cc(-c2ccccc2OC(F)(F)F)ccc1Br. The molecule has 100 valence electrons. The molecule has 0 aliphatic rings. The molecule has 0 aromatic heterocycles. The summed E-state index contributed by atoms with van der Waals surface area (Å²) in [6.45, 7) is 0. The highest BCUT2D eigenvalue weighted by molar-refractivity contribution is 9.10. The van der Waals surface area contributed by atoms with Crippen LogP contribution in [0.4, 0.5) is 17.6 Å². The maximum Gasteiger partial charge on any atom is 0.573 e. The average molecular weight is 335 g/mol. The first-order valence-corrected chi connectivity index (χ1v) is 5.96. The third kappa shape index (κ3) is 3.47. The van der Waals surface area contributed by atoms with Gasteiger partial charge in [0.2, 0.25) is 0 Å². The zero-order valence-electron chi connectivity index (χ0n) is 9.34. The smallest absolute Gasteiger partial charge is 0.405 e. The highest BCUT2D eigenvalue weighted by Gasteiger charge is 2.32. The molecule has 0 saturated carbocycles. The number of ether oxygens (including phenoxy) is 1. The molecule has 0 spiro atoms. The predicted molar refractivity (Wildman–Crippen MR) is 66.2 cm³/mol. The van der Waals surface area contributed by atoms with Crippen LogP contribution < -0.4 is 4.74 Å². The molecule has 0 fully saturated rings. The number of hydrogen-bond donors (Lipinski definition) is 0. The van der Waals surface area contributed by atoms with Gasteiger partial charge >= 0.3 is 6.36 Å². The van der Waals surface area contributed by atoms with Crippen LogP contribution >= 0.6 is 15.9 Å². The van der Waals surface area contributed by atoms with E-state index in [1.807, 2.05) is 0 Å². The molecule has 0 saturated heterocycles. The zero-order chi connectivity index (χ0) is 14.0. The van der Waals surface area contributed by atoms with Crippen LogP contribution in [0.3, 0.4) is 0 Å². The maximum atomic E-state index is 13.4. The second kappa shape index (κ2) is 5.21. The molecule has 0 radical (unpaired) electrons. The van der Waals surface area contributed by atoms with Crippen LogP contribution in [0.1, 0.15) is 0 Å². The van der Waals surface area contributed by atoms with Crippen molar-refractivity contribution in [2.45, 2.75) is 6.36 Å². The summed E-state index contributed by atoms with van der Waals surface area (Å²) in [5.74, 6) is -0.920. The van der Waals surface area contributed by atoms with E-state index in [4.69, 9.17) is 0 Å². The maximum absolute atomic E-state index is 13.4. The zero-order valence-corrected chi connectivity index (χ0v) is 10.9. The van der Waals surface area contributed by atoms with Crippen LogP contribution in [0, 0.1) is 5.82 Å². The monoisotopic (exact) mass is 334 g/mol. The highest BCUT2D eigenvalue weighted by atomic mass is 79.9. The van der Waals surface area contributed by atoms with E-state index in [0.717, 1.165) is 6.07 Å². The topological polar surface area (TPSA) is 9.23 Å². The standard InChI is InChI=1S/C13H7BrF4O/c14-10-6-5-8(7-11(10)15)9-3-1-2-4-12(9)19-13(16,17)18/h1-7H. The molecule has 6 heteroatoms. The molecule has 1 nitrogen and oxygen atoms in total. The van der Waals surface area contributed by atoms with Crippen molar-refractivity contribution in [3.8, 4) is 16.9 Å². The molecule has 0 aliphatic heterocycles. The number of alkyl halides is 3. The van der Waals surface area contributed by atoms with E-state index in [2.05, 4.69) is 20.7 Å². The summed E-state index contributed by atoms with van der Waals surface area (Å²) >= 11 is 2.98. The molecule has 0 unspecified atom stereocenters. The number of para-hydroxylation sites is 1. The molecule has 2 aromatic carbocycles. The van der Waals surface area contributed by atoms with E-state index >= 15 is 0 Å². The van der Waals surface area contributed by atoms with Crippen molar-refractivity contribution in [3.05, 3.63) is 52.8 Å². The predicted octanol–water partition coefficient (Wildman–Crippen LogP) is 5.15. The molecule has 0 N–H and O–H groups in total. The highest BCUT2D eigenvalue weighted by Crippen LogP contribution is 2.34. The third-order valence-electron chi connectivity index (χ3n) is 2.34. The van der Waals surface area contributed by atoms with E-state index in [-0.39, 0.29) is 15.8 Å².